The Hall–Kier alpha value is -0.910. The maximum Gasteiger partial charge on any atom is 0.111 e. The predicted molar refractivity (Wildman–Crippen MR) is 80.8 cm³/mol. The molecule has 0 bridgehead atoms. The second-order valence-electron chi connectivity index (χ2n) is 6.00. The summed E-state index contributed by atoms with van der Waals surface area (Å²) in [6, 6.07) is 1.13. The molecule has 5 nitrogen and oxygen atoms in total. The molecule has 5 heteroatoms. The molecule has 1 aliphatic heterocycles. The van der Waals surface area contributed by atoms with E-state index in [2.05, 4.69) is 47.5 Å². The summed E-state index contributed by atoms with van der Waals surface area (Å²) in [5.41, 5.74) is 1.18. The molecule has 20 heavy (non-hydrogen) atoms. The van der Waals surface area contributed by atoms with Crippen LogP contribution < -0.4 is 5.32 Å². The maximum absolute atomic E-state index is 5.83. The van der Waals surface area contributed by atoms with E-state index in [4.69, 9.17) is 4.74 Å². The molecule has 2 heterocycles. The Labute approximate surface area is 122 Å². The van der Waals surface area contributed by atoms with Crippen molar-refractivity contribution in [2.45, 2.75) is 52.4 Å². The molecular weight excluding hydrogens is 252 g/mol. The molecular formula is C15H28N4O. The molecule has 0 spiro atoms. The number of aromatic nitrogens is 2. The van der Waals surface area contributed by atoms with Crippen molar-refractivity contribution in [1.82, 2.24) is 19.8 Å². The van der Waals surface area contributed by atoms with E-state index in [1.54, 1.807) is 0 Å². The molecule has 1 saturated heterocycles. The Morgan fingerprint density at radius 1 is 1.40 bits per heavy atom. The van der Waals surface area contributed by atoms with Gasteiger partial charge in [-0.25, -0.2) is 4.98 Å². The van der Waals surface area contributed by atoms with Gasteiger partial charge in [-0.05, 0) is 27.7 Å². The highest BCUT2D eigenvalue weighted by molar-refractivity contribution is 5.05. The molecule has 1 N–H and O–H groups in total. The van der Waals surface area contributed by atoms with E-state index in [1.165, 1.54) is 5.69 Å². The van der Waals surface area contributed by atoms with Crippen LogP contribution in [-0.2, 0) is 11.3 Å². The summed E-state index contributed by atoms with van der Waals surface area (Å²) in [5, 5.41) is 3.38. The lowest BCUT2D eigenvalue weighted by molar-refractivity contribution is 0.0223. The molecule has 1 atom stereocenters. The first-order valence-electron chi connectivity index (χ1n) is 7.67. The van der Waals surface area contributed by atoms with Crippen molar-refractivity contribution in [3.8, 4) is 0 Å². The monoisotopic (exact) mass is 280 g/mol. The van der Waals surface area contributed by atoms with Gasteiger partial charge in [-0.1, -0.05) is 0 Å². The number of rotatable bonds is 6. The van der Waals surface area contributed by atoms with Crippen LogP contribution in [0.2, 0.25) is 0 Å². The lowest BCUT2D eigenvalue weighted by Crippen LogP contribution is -2.39. The summed E-state index contributed by atoms with van der Waals surface area (Å²) >= 11 is 0. The van der Waals surface area contributed by atoms with E-state index in [0.29, 0.717) is 12.1 Å². The maximum atomic E-state index is 5.83. The van der Waals surface area contributed by atoms with Gasteiger partial charge in [0.05, 0.1) is 24.8 Å². The first-order chi connectivity index (χ1) is 9.59. The van der Waals surface area contributed by atoms with Crippen LogP contribution in [0.15, 0.2) is 12.5 Å². The topological polar surface area (TPSA) is 42.3 Å². The molecule has 2 rings (SSSR count). The van der Waals surface area contributed by atoms with Crippen LogP contribution >= 0.6 is 0 Å². The fraction of sp³-hybridized carbons (Fsp3) is 0.800. The Kier molecular flexibility index (Phi) is 5.57. The molecule has 1 fully saturated rings. The van der Waals surface area contributed by atoms with Crippen molar-refractivity contribution >= 4 is 0 Å². The fourth-order valence-electron chi connectivity index (χ4n) is 2.88. The standard InChI is InChI=1S/C15H28N4O/c1-12(2)19(13(3)4)7-6-18-11-17-9-14(18)15-10-16-5-8-20-15/h9,11-13,15-16H,5-8,10H2,1-4H3. The van der Waals surface area contributed by atoms with Crippen LogP contribution in [0.4, 0.5) is 0 Å². The zero-order valence-electron chi connectivity index (χ0n) is 13.2. The van der Waals surface area contributed by atoms with E-state index >= 15 is 0 Å². The molecule has 1 aliphatic rings. The van der Waals surface area contributed by atoms with Crippen molar-refractivity contribution in [1.29, 1.82) is 0 Å². The highest BCUT2D eigenvalue weighted by atomic mass is 16.5. The second-order valence-corrected chi connectivity index (χ2v) is 6.00. The van der Waals surface area contributed by atoms with Gasteiger partial charge >= 0.3 is 0 Å². The lowest BCUT2D eigenvalue weighted by Gasteiger charge is -2.31. The molecule has 0 amide bonds. The summed E-state index contributed by atoms with van der Waals surface area (Å²) in [5.74, 6) is 0. The zero-order chi connectivity index (χ0) is 14.5. The van der Waals surface area contributed by atoms with Gasteiger partial charge in [0.15, 0.2) is 0 Å². The largest absolute Gasteiger partial charge is 0.369 e. The highest BCUT2D eigenvalue weighted by Crippen LogP contribution is 2.18. The van der Waals surface area contributed by atoms with Crippen molar-refractivity contribution in [2.24, 2.45) is 0 Å². The van der Waals surface area contributed by atoms with Gasteiger partial charge in [-0.15, -0.1) is 0 Å². The van der Waals surface area contributed by atoms with Crippen molar-refractivity contribution in [3.63, 3.8) is 0 Å². The predicted octanol–water partition coefficient (Wildman–Crippen LogP) is 1.66. The molecule has 1 aromatic heterocycles. The number of imidazole rings is 1. The first-order valence-corrected chi connectivity index (χ1v) is 7.67. The van der Waals surface area contributed by atoms with Gasteiger partial charge in [0.2, 0.25) is 0 Å². The van der Waals surface area contributed by atoms with E-state index in [-0.39, 0.29) is 6.10 Å². The van der Waals surface area contributed by atoms with Gasteiger partial charge in [0.25, 0.3) is 0 Å². The van der Waals surface area contributed by atoms with Crippen molar-refractivity contribution in [2.75, 3.05) is 26.2 Å². The summed E-state index contributed by atoms with van der Waals surface area (Å²) in [6.45, 7) is 13.6. The smallest absolute Gasteiger partial charge is 0.111 e. The Morgan fingerprint density at radius 2 is 2.15 bits per heavy atom. The third-order valence-corrected chi connectivity index (χ3v) is 3.93. The SMILES string of the molecule is CC(C)N(CCn1cncc1C1CNCCO1)C(C)C. The molecule has 114 valence electrons. The van der Waals surface area contributed by atoms with Gasteiger partial charge in [-0.3, -0.25) is 4.90 Å². The zero-order valence-corrected chi connectivity index (χ0v) is 13.2. The summed E-state index contributed by atoms with van der Waals surface area (Å²) in [6.07, 6.45) is 4.00. The molecule has 0 aromatic carbocycles. The lowest BCUT2D eigenvalue weighted by atomic mass is 10.2. The Morgan fingerprint density at radius 3 is 2.75 bits per heavy atom. The van der Waals surface area contributed by atoms with Crippen LogP contribution in [0.1, 0.15) is 39.5 Å². The second kappa shape index (κ2) is 7.20. The number of hydrogen-bond donors (Lipinski definition) is 1. The van der Waals surface area contributed by atoms with E-state index in [1.807, 2.05) is 12.5 Å². The molecule has 0 saturated carbocycles. The number of ether oxygens (including phenoxy) is 1. The van der Waals surface area contributed by atoms with E-state index in [9.17, 15) is 0 Å². The minimum Gasteiger partial charge on any atom is -0.369 e. The first kappa shape index (κ1) is 15.5. The Balaban J connectivity index is 1.97. The van der Waals surface area contributed by atoms with E-state index < -0.39 is 0 Å². The summed E-state index contributed by atoms with van der Waals surface area (Å²) in [7, 11) is 0. The fourth-order valence-corrected chi connectivity index (χ4v) is 2.88. The van der Waals surface area contributed by atoms with Crippen molar-refractivity contribution in [3.05, 3.63) is 18.2 Å². The van der Waals surface area contributed by atoms with Crippen LogP contribution in [0.5, 0.6) is 0 Å². The van der Waals surface area contributed by atoms with Crippen molar-refractivity contribution < 1.29 is 4.74 Å². The number of hydrogen-bond acceptors (Lipinski definition) is 4. The molecule has 1 aromatic rings. The molecule has 1 unspecified atom stereocenters. The van der Waals surface area contributed by atoms with Gasteiger partial charge < -0.3 is 14.6 Å². The van der Waals surface area contributed by atoms with Crippen LogP contribution in [-0.4, -0.2) is 52.8 Å². The number of morpholine rings is 1. The quantitative estimate of drug-likeness (QED) is 0.860. The average Bonchev–Trinajstić information content (AvgIpc) is 2.87. The highest BCUT2D eigenvalue weighted by Gasteiger charge is 2.20. The molecule has 0 aliphatic carbocycles. The third kappa shape index (κ3) is 3.81. The summed E-state index contributed by atoms with van der Waals surface area (Å²) in [4.78, 5) is 6.81. The average molecular weight is 280 g/mol. The minimum absolute atomic E-state index is 0.137. The summed E-state index contributed by atoms with van der Waals surface area (Å²) < 4.78 is 8.06. The van der Waals surface area contributed by atoms with Crippen LogP contribution in [0.25, 0.3) is 0 Å². The van der Waals surface area contributed by atoms with Gasteiger partial charge in [0, 0.05) is 38.3 Å². The third-order valence-electron chi connectivity index (χ3n) is 3.93. The van der Waals surface area contributed by atoms with Crippen LogP contribution in [0, 0.1) is 0 Å². The number of nitrogens with zero attached hydrogens (tertiary/aromatic N) is 3. The van der Waals surface area contributed by atoms with Crippen LogP contribution in [0.3, 0.4) is 0 Å². The van der Waals surface area contributed by atoms with Gasteiger partial charge in [0.1, 0.15) is 6.10 Å². The normalized spacial score (nSPS) is 20.2. The Bertz CT molecular complexity index is 388. The number of nitrogens with one attached hydrogen (secondary N) is 1. The molecule has 0 radical (unpaired) electrons. The van der Waals surface area contributed by atoms with Gasteiger partial charge in [-0.2, -0.15) is 0 Å². The minimum atomic E-state index is 0.137. The van der Waals surface area contributed by atoms with E-state index in [0.717, 1.165) is 32.8 Å².